The smallest absolute Gasteiger partial charge is 0.303 e. The van der Waals surface area contributed by atoms with E-state index in [0.29, 0.717) is 0 Å². The third-order valence-electron chi connectivity index (χ3n) is 8.03. The zero-order valence-electron chi connectivity index (χ0n) is 23.1. The monoisotopic (exact) mass is 505 g/mol. The van der Waals surface area contributed by atoms with Crippen LogP contribution >= 0.6 is 0 Å². The second-order valence-electron chi connectivity index (χ2n) is 10.9. The number of unbranched alkanes of at least 4 members (excludes halogenated alkanes) is 10. The van der Waals surface area contributed by atoms with Crippen LogP contribution in [0.25, 0.3) is 11.1 Å². The van der Waals surface area contributed by atoms with Gasteiger partial charge in [0.15, 0.2) is 0 Å². The first-order chi connectivity index (χ1) is 18.0. The van der Waals surface area contributed by atoms with Gasteiger partial charge in [0.25, 0.3) is 0 Å². The largest absolute Gasteiger partial charge is 0.481 e. The highest BCUT2D eigenvalue weighted by Crippen LogP contribution is 2.54. The minimum Gasteiger partial charge on any atom is -0.481 e. The van der Waals surface area contributed by atoms with Gasteiger partial charge in [0, 0.05) is 17.5 Å². The van der Waals surface area contributed by atoms with E-state index in [1.165, 1.54) is 99.3 Å². The van der Waals surface area contributed by atoms with E-state index in [1.54, 1.807) is 0 Å². The molecule has 1 amide bonds. The molecule has 1 aliphatic carbocycles. The number of rotatable bonds is 18. The van der Waals surface area contributed by atoms with E-state index >= 15 is 0 Å². The summed E-state index contributed by atoms with van der Waals surface area (Å²) in [7, 11) is 0. The number of carbonyl (C=O) groups excluding carboxylic acids is 1. The summed E-state index contributed by atoms with van der Waals surface area (Å²) in [6.45, 7) is 4.53. The van der Waals surface area contributed by atoms with Crippen LogP contribution in [0.4, 0.5) is 5.69 Å². The van der Waals surface area contributed by atoms with Crippen molar-refractivity contribution in [3.05, 3.63) is 53.6 Å². The van der Waals surface area contributed by atoms with Crippen LogP contribution in [0.15, 0.2) is 42.5 Å². The van der Waals surface area contributed by atoms with Gasteiger partial charge in [-0.1, -0.05) is 121 Å². The van der Waals surface area contributed by atoms with Crippen LogP contribution in [0.3, 0.4) is 0 Å². The Morgan fingerprint density at radius 2 is 1.27 bits per heavy atom. The molecule has 0 atom stereocenters. The van der Waals surface area contributed by atoms with Gasteiger partial charge in [-0.25, -0.2) is 0 Å². The molecule has 4 heteroatoms. The number of carboxylic acid groups (broad SMARTS) is 1. The molecule has 2 aromatic carbocycles. The third kappa shape index (κ3) is 7.93. The molecule has 0 saturated carbocycles. The van der Waals surface area contributed by atoms with E-state index in [9.17, 15) is 9.59 Å². The van der Waals surface area contributed by atoms with Crippen LogP contribution in [0.1, 0.15) is 128 Å². The molecule has 0 unspecified atom stereocenters. The summed E-state index contributed by atoms with van der Waals surface area (Å²) in [5.41, 5.74) is 6.16. The number of anilines is 1. The topological polar surface area (TPSA) is 66.4 Å². The van der Waals surface area contributed by atoms with Crippen LogP contribution in [-0.2, 0) is 15.0 Å². The van der Waals surface area contributed by atoms with Gasteiger partial charge in [-0.15, -0.1) is 0 Å². The summed E-state index contributed by atoms with van der Waals surface area (Å²) in [4.78, 5) is 23.3. The van der Waals surface area contributed by atoms with Crippen LogP contribution < -0.4 is 5.32 Å². The van der Waals surface area contributed by atoms with Gasteiger partial charge in [0.2, 0.25) is 5.91 Å². The second kappa shape index (κ2) is 15.0. The summed E-state index contributed by atoms with van der Waals surface area (Å²) >= 11 is 0. The molecule has 1 aliphatic rings. The number of hydrogen-bond acceptors (Lipinski definition) is 2. The van der Waals surface area contributed by atoms with E-state index < -0.39 is 5.97 Å². The molecule has 2 aromatic rings. The Morgan fingerprint density at radius 3 is 1.89 bits per heavy atom. The molecule has 3 rings (SSSR count). The van der Waals surface area contributed by atoms with Crippen molar-refractivity contribution in [2.24, 2.45) is 0 Å². The number of carbonyl (C=O) groups is 2. The lowest BCUT2D eigenvalue weighted by atomic mass is 9.70. The number of benzene rings is 2. The predicted molar refractivity (Wildman–Crippen MR) is 154 cm³/mol. The average molecular weight is 506 g/mol. The lowest BCUT2D eigenvalue weighted by Gasteiger charge is -2.33. The van der Waals surface area contributed by atoms with Gasteiger partial charge in [0.05, 0.1) is 6.42 Å². The molecule has 0 radical (unpaired) electrons. The van der Waals surface area contributed by atoms with Gasteiger partial charge < -0.3 is 10.4 Å². The Kier molecular flexibility index (Phi) is 11.7. The minimum absolute atomic E-state index is 0.00664. The SMILES string of the molecule is CCCCCCCCC1(CCCCCCCC)c2ccccc2-c2ccc(NC(=O)CCC(=O)O)cc21. The lowest BCUT2D eigenvalue weighted by Crippen LogP contribution is -2.26. The molecule has 0 fully saturated rings. The standard InChI is InChI=1S/C33H47NO3/c1-3-5-7-9-11-15-23-33(24-16-12-10-8-6-4-2)29-18-14-13-17-27(29)28-20-19-26(25-30(28)33)34-31(35)21-22-32(36)37/h13-14,17-20,25H,3-12,15-16,21-24H2,1-2H3,(H,34,35)(H,36,37). The van der Waals surface area contributed by atoms with Crippen molar-refractivity contribution in [1.29, 1.82) is 0 Å². The molecule has 0 saturated heterocycles. The van der Waals surface area contributed by atoms with E-state index in [-0.39, 0.29) is 24.2 Å². The Hall–Kier alpha value is -2.62. The Morgan fingerprint density at radius 1 is 0.703 bits per heavy atom. The molecule has 0 aliphatic heterocycles. The van der Waals surface area contributed by atoms with Crippen LogP contribution in [0.5, 0.6) is 0 Å². The van der Waals surface area contributed by atoms with Gasteiger partial charge >= 0.3 is 5.97 Å². The highest BCUT2D eigenvalue weighted by Gasteiger charge is 2.42. The Balaban J connectivity index is 1.86. The van der Waals surface area contributed by atoms with Gasteiger partial charge in [0.1, 0.15) is 0 Å². The Labute approximate surface area is 224 Å². The summed E-state index contributed by atoms with van der Waals surface area (Å²) in [6, 6.07) is 15.2. The first-order valence-corrected chi connectivity index (χ1v) is 14.8. The quantitative estimate of drug-likeness (QED) is 0.198. The van der Waals surface area contributed by atoms with Crippen LogP contribution in [0.2, 0.25) is 0 Å². The number of aliphatic carboxylic acids is 1. The molecule has 37 heavy (non-hydrogen) atoms. The van der Waals surface area contributed by atoms with Crippen molar-refractivity contribution in [3.63, 3.8) is 0 Å². The van der Waals surface area contributed by atoms with Crippen molar-refractivity contribution in [1.82, 2.24) is 0 Å². The number of nitrogens with one attached hydrogen (secondary N) is 1. The summed E-state index contributed by atoms with van der Waals surface area (Å²) in [6.07, 6.45) is 17.5. The molecular weight excluding hydrogens is 458 g/mol. The third-order valence-corrected chi connectivity index (χ3v) is 8.03. The Bertz CT molecular complexity index is 996. The first-order valence-electron chi connectivity index (χ1n) is 14.8. The van der Waals surface area contributed by atoms with Gasteiger partial charge in [-0.3, -0.25) is 9.59 Å². The van der Waals surface area contributed by atoms with E-state index in [1.807, 2.05) is 6.07 Å². The molecule has 2 N–H and O–H groups in total. The molecule has 0 spiro atoms. The van der Waals surface area contributed by atoms with Crippen molar-refractivity contribution in [2.45, 2.75) is 122 Å². The highest BCUT2D eigenvalue weighted by molar-refractivity contribution is 5.93. The maximum absolute atomic E-state index is 12.4. The number of amides is 1. The molecule has 202 valence electrons. The molecular formula is C33H47NO3. The van der Waals surface area contributed by atoms with Crippen LogP contribution in [-0.4, -0.2) is 17.0 Å². The van der Waals surface area contributed by atoms with E-state index in [4.69, 9.17) is 5.11 Å². The van der Waals surface area contributed by atoms with E-state index in [2.05, 4.69) is 55.6 Å². The van der Waals surface area contributed by atoms with Crippen LogP contribution in [0, 0.1) is 0 Å². The van der Waals surface area contributed by atoms with Crippen molar-refractivity contribution < 1.29 is 14.7 Å². The first kappa shape index (κ1) is 28.9. The summed E-state index contributed by atoms with van der Waals surface area (Å²) in [5, 5.41) is 11.9. The second-order valence-corrected chi connectivity index (χ2v) is 10.9. The fraction of sp³-hybridized carbons (Fsp3) is 0.576. The molecule has 0 bridgehead atoms. The fourth-order valence-corrected chi connectivity index (χ4v) is 6.06. The predicted octanol–water partition coefficient (Wildman–Crippen LogP) is 9.26. The van der Waals surface area contributed by atoms with Gasteiger partial charge in [-0.05, 0) is 47.2 Å². The zero-order valence-corrected chi connectivity index (χ0v) is 23.1. The van der Waals surface area contributed by atoms with Crippen molar-refractivity contribution in [3.8, 4) is 11.1 Å². The van der Waals surface area contributed by atoms with Gasteiger partial charge in [-0.2, -0.15) is 0 Å². The van der Waals surface area contributed by atoms with Crippen molar-refractivity contribution in [2.75, 3.05) is 5.32 Å². The summed E-state index contributed by atoms with van der Waals surface area (Å²) < 4.78 is 0. The lowest BCUT2D eigenvalue weighted by molar-refractivity contribution is -0.138. The summed E-state index contributed by atoms with van der Waals surface area (Å²) in [5.74, 6) is -1.19. The van der Waals surface area contributed by atoms with E-state index in [0.717, 1.165) is 18.5 Å². The maximum atomic E-state index is 12.4. The maximum Gasteiger partial charge on any atom is 0.303 e. The normalized spacial score (nSPS) is 13.2. The number of carboxylic acids is 1. The molecule has 0 aromatic heterocycles. The zero-order chi connectivity index (χ0) is 26.5. The fourth-order valence-electron chi connectivity index (χ4n) is 6.06. The highest BCUT2D eigenvalue weighted by atomic mass is 16.4. The number of hydrogen-bond donors (Lipinski definition) is 2. The minimum atomic E-state index is -0.948. The molecule has 4 nitrogen and oxygen atoms in total. The average Bonchev–Trinajstić information content (AvgIpc) is 3.16. The van der Waals surface area contributed by atoms with Crippen molar-refractivity contribution >= 4 is 17.6 Å². The molecule has 0 heterocycles. The number of fused-ring (bicyclic) bond motifs is 3.